The first-order valence-corrected chi connectivity index (χ1v) is 3.59. The molecule has 0 aliphatic carbocycles. The van der Waals surface area contributed by atoms with E-state index in [0.717, 1.165) is 0 Å². The molecule has 0 aromatic rings. The van der Waals surface area contributed by atoms with Crippen LogP contribution in [0.15, 0.2) is 4.99 Å². The van der Waals surface area contributed by atoms with Crippen LogP contribution in [0.5, 0.6) is 0 Å². The van der Waals surface area contributed by atoms with Gasteiger partial charge in [-0.15, -0.1) is 0 Å². The Morgan fingerprint density at radius 2 is 2.00 bits per heavy atom. The van der Waals surface area contributed by atoms with E-state index in [0.29, 0.717) is 31.9 Å². The first-order valence-electron chi connectivity index (χ1n) is 3.59. The second-order valence-corrected chi connectivity index (χ2v) is 2.01. The zero-order chi connectivity index (χ0) is 9.23. The molecule has 0 saturated heterocycles. The fraction of sp³-hybridized carbons (Fsp3) is 0.571. The molecule has 0 amide bonds. The summed E-state index contributed by atoms with van der Waals surface area (Å²) < 4.78 is 0. The van der Waals surface area contributed by atoms with Crippen molar-refractivity contribution in [2.45, 2.75) is 12.8 Å². The number of nitrogens with one attached hydrogen (secondary N) is 1. The summed E-state index contributed by atoms with van der Waals surface area (Å²) in [5.41, 5.74) is 5.38. The average Bonchev–Trinajstić information content (AvgIpc) is 2.06. The van der Waals surface area contributed by atoms with Crippen molar-refractivity contribution >= 4 is 5.96 Å². The lowest BCUT2D eigenvalue weighted by atomic mass is 10.5. The van der Waals surface area contributed by atoms with Crippen LogP contribution in [0, 0.1) is 22.7 Å². The topological polar surface area (TPSA) is 98.0 Å². The van der Waals surface area contributed by atoms with E-state index >= 15 is 0 Å². The van der Waals surface area contributed by atoms with Gasteiger partial charge in [0.2, 0.25) is 0 Å². The summed E-state index contributed by atoms with van der Waals surface area (Å²) >= 11 is 0. The molecule has 0 aliphatic rings. The maximum Gasteiger partial charge on any atom is 0.188 e. The van der Waals surface area contributed by atoms with E-state index in [1.807, 2.05) is 12.1 Å². The number of nitrogens with zero attached hydrogens (tertiary/aromatic N) is 3. The van der Waals surface area contributed by atoms with Crippen molar-refractivity contribution in [2.75, 3.05) is 13.1 Å². The van der Waals surface area contributed by atoms with E-state index in [-0.39, 0.29) is 0 Å². The highest BCUT2D eigenvalue weighted by Gasteiger charge is 1.88. The molecule has 0 fully saturated rings. The number of rotatable bonds is 4. The molecule has 0 unspecified atom stereocenters. The number of nitriles is 2. The predicted molar refractivity (Wildman–Crippen MR) is 45.0 cm³/mol. The molecule has 5 heteroatoms. The van der Waals surface area contributed by atoms with Crippen LogP contribution in [0.1, 0.15) is 12.8 Å². The molecule has 3 N–H and O–H groups in total. The van der Waals surface area contributed by atoms with Gasteiger partial charge in [0.05, 0.1) is 31.5 Å². The summed E-state index contributed by atoms with van der Waals surface area (Å²) in [6, 6.07) is 3.91. The highest BCUT2D eigenvalue weighted by molar-refractivity contribution is 5.77. The van der Waals surface area contributed by atoms with Gasteiger partial charge in [-0.1, -0.05) is 0 Å². The van der Waals surface area contributed by atoms with Crippen molar-refractivity contribution in [1.82, 2.24) is 5.32 Å². The third kappa shape index (κ3) is 6.37. The molecule has 0 aliphatic heterocycles. The van der Waals surface area contributed by atoms with Crippen LogP contribution in [0.25, 0.3) is 0 Å². The van der Waals surface area contributed by atoms with Crippen molar-refractivity contribution < 1.29 is 0 Å². The van der Waals surface area contributed by atoms with Gasteiger partial charge in [-0.3, -0.25) is 4.99 Å². The Hall–Kier alpha value is -1.75. The molecule has 0 aromatic heterocycles. The van der Waals surface area contributed by atoms with Crippen LogP contribution in [0.3, 0.4) is 0 Å². The zero-order valence-electron chi connectivity index (χ0n) is 6.75. The molecule has 0 aromatic carbocycles. The Bertz CT molecular complexity index is 219. The summed E-state index contributed by atoms with van der Waals surface area (Å²) in [6.07, 6.45) is 0.759. The third-order valence-corrected chi connectivity index (χ3v) is 1.05. The van der Waals surface area contributed by atoms with Crippen molar-refractivity contribution in [3.8, 4) is 12.1 Å². The minimum absolute atomic E-state index is 0.292. The lowest BCUT2D eigenvalue weighted by Crippen LogP contribution is -2.32. The third-order valence-electron chi connectivity index (χ3n) is 1.05. The Balaban J connectivity index is 3.45. The number of nitrogens with two attached hydrogens (primary N) is 1. The van der Waals surface area contributed by atoms with E-state index in [9.17, 15) is 0 Å². The fourth-order valence-electron chi connectivity index (χ4n) is 0.529. The van der Waals surface area contributed by atoms with Gasteiger partial charge in [-0.25, -0.2) is 0 Å². The number of aliphatic imine (C=N–C) groups is 1. The van der Waals surface area contributed by atoms with Gasteiger partial charge in [0.1, 0.15) is 0 Å². The van der Waals surface area contributed by atoms with Gasteiger partial charge in [-0.2, -0.15) is 10.5 Å². The van der Waals surface area contributed by atoms with Gasteiger partial charge >= 0.3 is 0 Å². The Labute approximate surface area is 71.5 Å². The average molecular weight is 165 g/mol. The van der Waals surface area contributed by atoms with Crippen LogP contribution in [-0.2, 0) is 0 Å². The van der Waals surface area contributed by atoms with Crippen LogP contribution in [0.4, 0.5) is 0 Å². The summed E-state index contributed by atoms with van der Waals surface area (Å²) in [5.74, 6) is 0.292. The Morgan fingerprint density at radius 1 is 1.33 bits per heavy atom. The first kappa shape index (κ1) is 10.2. The normalized spacial score (nSPS) is 10.0. The van der Waals surface area contributed by atoms with E-state index < -0.39 is 0 Å². The minimum Gasteiger partial charge on any atom is -0.370 e. The molecular formula is C7H11N5. The van der Waals surface area contributed by atoms with Crippen molar-refractivity contribution in [2.24, 2.45) is 10.7 Å². The maximum atomic E-state index is 8.18. The second kappa shape index (κ2) is 7.36. The largest absolute Gasteiger partial charge is 0.370 e. The molecule has 0 heterocycles. The fourth-order valence-corrected chi connectivity index (χ4v) is 0.529. The lowest BCUT2D eigenvalue weighted by Gasteiger charge is -2.00. The van der Waals surface area contributed by atoms with E-state index in [1.165, 1.54) is 0 Å². The number of hydrogen-bond donors (Lipinski definition) is 2. The molecule has 0 atom stereocenters. The number of guanidine groups is 1. The molecule has 0 rings (SSSR count). The molecular weight excluding hydrogens is 154 g/mol. The smallest absolute Gasteiger partial charge is 0.188 e. The molecule has 0 saturated carbocycles. The lowest BCUT2D eigenvalue weighted by molar-refractivity contribution is 0.871. The maximum absolute atomic E-state index is 8.18. The quantitative estimate of drug-likeness (QED) is 0.340. The number of hydrogen-bond acceptors (Lipinski definition) is 3. The first-order chi connectivity index (χ1) is 5.81. The molecule has 12 heavy (non-hydrogen) atoms. The van der Waals surface area contributed by atoms with Crippen LogP contribution < -0.4 is 11.1 Å². The second-order valence-electron chi connectivity index (χ2n) is 2.01. The van der Waals surface area contributed by atoms with Gasteiger partial charge in [-0.05, 0) is 0 Å². The van der Waals surface area contributed by atoms with Crippen LogP contribution >= 0.6 is 0 Å². The van der Waals surface area contributed by atoms with Gasteiger partial charge < -0.3 is 11.1 Å². The molecule has 64 valence electrons. The highest BCUT2D eigenvalue weighted by atomic mass is 15.1. The minimum atomic E-state index is 0.292. The van der Waals surface area contributed by atoms with Gasteiger partial charge in [0.25, 0.3) is 0 Å². The van der Waals surface area contributed by atoms with Gasteiger partial charge in [0.15, 0.2) is 5.96 Å². The van der Waals surface area contributed by atoms with E-state index in [4.69, 9.17) is 16.3 Å². The van der Waals surface area contributed by atoms with Crippen molar-refractivity contribution in [1.29, 1.82) is 10.5 Å². The predicted octanol–water partition coefficient (Wildman–Crippen LogP) is -0.282. The van der Waals surface area contributed by atoms with E-state index in [2.05, 4.69) is 10.3 Å². The molecule has 0 spiro atoms. The van der Waals surface area contributed by atoms with Crippen molar-refractivity contribution in [3.05, 3.63) is 0 Å². The van der Waals surface area contributed by atoms with Gasteiger partial charge in [0, 0.05) is 6.54 Å². The highest BCUT2D eigenvalue weighted by Crippen LogP contribution is 1.77. The summed E-state index contributed by atoms with van der Waals surface area (Å²) in [7, 11) is 0. The standard InChI is InChI=1S/C7H11N5/c8-3-1-5-11-7(10)12-6-2-4-9/h1-2,5-6H2,(H3,10,11,12). The summed E-state index contributed by atoms with van der Waals surface area (Å²) in [6.45, 7) is 0.903. The molecule has 0 bridgehead atoms. The molecule has 5 nitrogen and oxygen atoms in total. The zero-order valence-corrected chi connectivity index (χ0v) is 6.75. The monoisotopic (exact) mass is 165 g/mol. The van der Waals surface area contributed by atoms with Crippen LogP contribution in [0.2, 0.25) is 0 Å². The molecule has 0 radical (unpaired) electrons. The summed E-state index contributed by atoms with van der Waals surface area (Å²) in [4.78, 5) is 3.84. The Kier molecular flexibility index (Phi) is 6.29. The summed E-state index contributed by atoms with van der Waals surface area (Å²) in [5, 5.41) is 19.1. The SMILES string of the molecule is N#CCCN=C(N)NCCC#N. The van der Waals surface area contributed by atoms with E-state index in [1.54, 1.807) is 0 Å². The Morgan fingerprint density at radius 3 is 2.58 bits per heavy atom. The van der Waals surface area contributed by atoms with Crippen molar-refractivity contribution in [3.63, 3.8) is 0 Å². The van der Waals surface area contributed by atoms with Crippen LogP contribution in [-0.4, -0.2) is 19.0 Å².